The fourth-order valence-corrected chi connectivity index (χ4v) is 3.14. The van der Waals surface area contributed by atoms with Crippen molar-refractivity contribution in [1.82, 2.24) is 0 Å². The first-order chi connectivity index (χ1) is 12.1. The molecule has 0 heterocycles. The van der Waals surface area contributed by atoms with Crippen molar-refractivity contribution in [3.63, 3.8) is 0 Å². The molecule has 0 aromatic heterocycles. The number of fused-ring (bicyclic) bond motifs is 1. The van der Waals surface area contributed by atoms with Crippen LogP contribution in [0.2, 0.25) is 0 Å². The van der Waals surface area contributed by atoms with Gasteiger partial charge in [0.25, 0.3) is 0 Å². The Labute approximate surface area is 146 Å². The van der Waals surface area contributed by atoms with Gasteiger partial charge in [-0.2, -0.15) is 0 Å². The quantitative estimate of drug-likeness (QED) is 0.612. The predicted octanol–water partition coefficient (Wildman–Crippen LogP) is 3.82. The van der Waals surface area contributed by atoms with Gasteiger partial charge in [0.15, 0.2) is 17.3 Å². The Morgan fingerprint density at radius 3 is 2.40 bits per heavy atom. The molecule has 0 atom stereocenters. The molecule has 0 saturated heterocycles. The minimum absolute atomic E-state index is 0.143. The maximum absolute atomic E-state index is 12.1. The molecular formula is C20H20O5. The third-order valence-corrected chi connectivity index (χ3v) is 4.37. The summed E-state index contributed by atoms with van der Waals surface area (Å²) < 4.78 is 16.3. The van der Waals surface area contributed by atoms with Crippen LogP contribution in [0.25, 0.3) is 11.1 Å². The molecule has 2 aromatic carbocycles. The number of methoxy groups -OCH3 is 2. The van der Waals surface area contributed by atoms with Crippen LogP contribution >= 0.6 is 0 Å². The average Bonchev–Trinajstić information content (AvgIpc) is 3.02. The smallest absolute Gasteiger partial charge is 0.311 e. The molecule has 0 spiro atoms. The topological polar surface area (TPSA) is 61.8 Å². The lowest BCUT2D eigenvalue weighted by Gasteiger charge is -2.18. The minimum atomic E-state index is -0.364. The summed E-state index contributed by atoms with van der Waals surface area (Å²) in [5.74, 6) is 0.944. The second kappa shape index (κ2) is 6.97. The lowest BCUT2D eigenvalue weighted by atomic mass is 9.95. The second-order valence-corrected chi connectivity index (χ2v) is 5.76. The molecule has 0 saturated carbocycles. The maximum atomic E-state index is 12.1. The number of benzene rings is 2. The molecule has 0 N–H and O–H groups in total. The van der Waals surface area contributed by atoms with Crippen LogP contribution in [0, 0.1) is 0 Å². The summed E-state index contributed by atoms with van der Waals surface area (Å²) in [7, 11) is 3.03. The van der Waals surface area contributed by atoms with Gasteiger partial charge in [0.1, 0.15) is 0 Å². The highest BCUT2D eigenvalue weighted by molar-refractivity contribution is 6.03. The van der Waals surface area contributed by atoms with E-state index in [1.807, 2.05) is 24.3 Å². The van der Waals surface area contributed by atoms with Crippen LogP contribution in [0.5, 0.6) is 17.2 Å². The number of hydrogen-bond donors (Lipinski definition) is 0. The van der Waals surface area contributed by atoms with Gasteiger partial charge in [-0.15, -0.1) is 0 Å². The molecular weight excluding hydrogens is 320 g/mol. The first-order valence-electron chi connectivity index (χ1n) is 8.21. The third-order valence-electron chi connectivity index (χ3n) is 4.37. The molecule has 3 rings (SSSR count). The number of rotatable bonds is 5. The maximum Gasteiger partial charge on any atom is 0.311 e. The van der Waals surface area contributed by atoms with Gasteiger partial charge in [-0.1, -0.05) is 25.1 Å². The zero-order valence-corrected chi connectivity index (χ0v) is 14.5. The molecule has 1 aliphatic carbocycles. The minimum Gasteiger partial charge on any atom is -0.493 e. The highest BCUT2D eigenvalue weighted by Gasteiger charge is 2.26. The summed E-state index contributed by atoms with van der Waals surface area (Å²) in [6.07, 6.45) is 1.43. The van der Waals surface area contributed by atoms with Crippen molar-refractivity contribution < 1.29 is 23.8 Å². The van der Waals surface area contributed by atoms with Gasteiger partial charge >= 0.3 is 5.97 Å². The van der Waals surface area contributed by atoms with Crippen LogP contribution in [-0.2, 0) is 11.2 Å². The zero-order chi connectivity index (χ0) is 18.0. The van der Waals surface area contributed by atoms with E-state index in [0.29, 0.717) is 35.7 Å². The van der Waals surface area contributed by atoms with Crippen molar-refractivity contribution in [1.29, 1.82) is 0 Å². The lowest BCUT2D eigenvalue weighted by molar-refractivity contribution is -0.134. The SMILES string of the molecule is CCC(=O)Oc1c(-c2cccc3c2CCC3=O)ccc(OC)c1OC. The molecule has 0 aliphatic heterocycles. The summed E-state index contributed by atoms with van der Waals surface area (Å²) in [4.78, 5) is 24.0. The Kier molecular flexibility index (Phi) is 4.74. The van der Waals surface area contributed by atoms with E-state index in [-0.39, 0.29) is 18.2 Å². The highest BCUT2D eigenvalue weighted by atomic mass is 16.6. The number of hydrogen-bond acceptors (Lipinski definition) is 5. The van der Waals surface area contributed by atoms with Crippen LogP contribution in [0.3, 0.4) is 0 Å². The average molecular weight is 340 g/mol. The zero-order valence-electron chi connectivity index (χ0n) is 14.5. The van der Waals surface area contributed by atoms with Crippen molar-refractivity contribution in [2.75, 3.05) is 14.2 Å². The van der Waals surface area contributed by atoms with Gasteiger partial charge in [0, 0.05) is 24.0 Å². The van der Waals surface area contributed by atoms with E-state index in [2.05, 4.69) is 0 Å². The van der Waals surface area contributed by atoms with Crippen LogP contribution < -0.4 is 14.2 Å². The lowest BCUT2D eigenvalue weighted by Crippen LogP contribution is -2.09. The van der Waals surface area contributed by atoms with Crippen LogP contribution in [0.4, 0.5) is 0 Å². The largest absolute Gasteiger partial charge is 0.493 e. The highest BCUT2D eigenvalue weighted by Crippen LogP contribution is 2.46. The standard InChI is InChI=1S/C20H20O5/c1-4-18(22)25-19-15(9-11-17(23-2)20(19)24-3)12-6-5-7-14-13(12)8-10-16(14)21/h5-7,9,11H,4,8,10H2,1-3H3. The van der Waals surface area contributed by atoms with Crippen LogP contribution in [0.15, 0.2) is 30.3 Å². The fraction of sp³-hybridized carbons (Fsp3) is 0.300. The molecule has 5 nitrogen and oxygen atoms in total. The molecule has 130 valence electrons. The van der Waals surface area contributed by atoms with Crippen molar-refractivity contribution in [2.24, 2.45) is 0 Å². The van der Waals surface area contributed by atoms with E-state index >= 15 is 0 Å². The summed E-state index contributed by atoms with van der Waals surface area (Å²) in [6.45, 7) is 1.73. The molecule has 1 aliphatic rings. The summed E-state index contributed by atoms with van der Waals surface area (Å²) in [5.41, 5.74) is 3.31. The monoisotopic (exact) mass is 340 g/mol. The molecule has 2 aromatic rings. The Morgan fingerprint density at radius 1 is 0.960 bits per heavy atom. The van der Waals surface area contributed by atoms with Gasteiger partial charge < -0.3 is 14.2 Å². The molecule has 0 fully saturated rings. The number of carbonyl (C=O) groups excluding carboxylic acids is 2. The number of Topliss-reactive ketones (excluding diaryl/α,β-unsaturated/α-hetero) is 1. The van der Waals surface area contributed by atoms with Gasteiger partial charge in [-0.3, -0.25) is 9.59 Å². The summed E-state index contributed by atoms with van der Waals surface area (Å²) in [6, 6.07) is 9.22. The van der Waals surface area contributed by atoms with Gasteiger partial charge in [0.05, 0.1) is 14.2 Å². The van der Waals surface area contributed by atoms with Gasteiger partial charge in [0.2, 0.25) is 5.75 Å². The molecule has 0 unspecified atom stereocenters. The van der Waals surface area contributed by atoms with Crippen molar-refractivity contribution in [3.05, 3.63) is 41.5 Å². The van der Waals surface area contributed by atoms with Gasteiger partial charge in [-0.25, -0.2) is 0 Å². The van der Waals surface area contributed by atoms with Crippen molar-refractivity contribution in [3.8, 4) is 28.4 Å². The van der Waals surface area contributed by atoms with Gasteiger partial charge in [-0.05, 0) is 29.7 Å². The van der Waals surface area contributed by atoms with Crippen LogP contribution in [0.1, 0.15) is 35.7 Å². The Hall–Kier alpha value is -2.82. The first-order valence-corrected chi connectivity index (χ1v) is 8.21. The normalized spacial score (nSPS) is 12.7. The molecule has 5 heteroatoms. The number of ketones is 1. The second-order valence-electron chi connectivity index (χ2n) is 5.76. The molecule has 0 bridgehead atoms. The summed E-state index contributed by atoms with van der Waals surface area (Å²) in [5, 5.41) is 0. The molecule has 0 radical (unpaired) electrons. The predicted molar refractivity (Wildman–Crippen MR) is 93.6 cm³/mol. The molecule has 25 heavy (non-hydrogen) atoms. The Morgan fingerprint density at radius 2 is 1.72 bits per heavy atom. The summed E-state index contributed by atoms with van der Waals surface area (Å²) >= 11 is 0. The number of carbonyl (C=O) groups is 2. The van der Waals surface area contributed by atoms with Crippen molar-refractivity contribution in [2.45, 2.75) is 26.2 Å². The van der Waals surface area contributed by atoms with E-state index < -0.39 is 0 Å². The molecule has 0 amide bonds. The van der Waals surface area contributed by atoms with Crippen LogP contribution in [-0.4, -0.2) is 26.0 Å². The Balaban J connectivity index is 2.23. The van der Waals surface area contributed by atoms with E-state index in [0.717, 1.165) is 16.7 Å². The third kappa shape index (κ3) is 2.97. The Bertz CT molecular complexity index is 838. The van der Waals surface area contributed by atoms with E-state index in [9.17, 15) is 9.59 Å². The fourth-order valence-electron chi connectivity index (χ4n) is 3.14. The van der Waals surface area contributed by atoms with E-state index in [1.54, 1.807) is 13.0 Å². The van der Waals surface area contributed by atoms with Crippen molar-refractivity contribution >= 4 is 11.8 Å². The van der Waals surface area contributed by atoms with E-state index in [1.165, 1.54) is 14.2 Å². The van der Waals surface area contributed by atoms with E-state index in [4.69, 9.17) is 14.2 Å². The first kappa shape index (κ1) is 17.0. The number of ether oxygens (including phenoxy) is 3. The number of esters is 1.